The van der Waals surface area contributed by atoms with Crippen LogP contribution >= 0.6 is 0 Å². The van der Waals surface area contributed by atoms with E-state index < -0.39 is 0 Å². The van der Waals surface area contributed by atoms with Crippen LogP contribution in [0.3, 0.4) is 0 Å². The van der Waals surface area contributed by atoms with Crippen molar-refractivity contribution in [1.82, 2.24) is 0 Å². The summed E-state index contributed by atoms with van der Waals surface area (Å²) in [5.74, 6) is 6.75. The maximum atomic E-state index is 2.44. The molecule has 0 aliphatic rings. The predicted octanol–water partition coefficient (Wildman–Crippen LogP) is 3.42. The van der Waals surface area contributed by atoms with Crippen LogP contribution in [0.1, 0.15) is 27.2 Å². The third-order valence-electron chi connectivity index (χ3n) is 1.75. The van der Waals surface area contributed by atoms with Crippen LogP contribution in [0.5, 0.6) is 0 Å². The van der Waals surface area contributed by atoms with Crippen molar-refractivity contribution >= 4 is 14.1 Å². The first-order valence-electron chi connectivity index (χ1n) is 4.52. The van der Waals surface area contributed by atoms with Crippen LogP contribution in [0.25, 0.3) is 0 Å². The molecule has 0 aromatic heterocycles. The molecule has 1 heteroatoms. The molecular weight excluding hydrogens is 135 g/mol. The van der Waals surface area contributed by atoms with Crippen LogP contribution in [0.4, 0.5) is 0 Å². The van der Waals surface area contributed by atoms with E-state index in [9.17, 15) is 0 Å². The van der Waals surface area contributed by atoms with E-state index in [1.54, 1.807) is 0 Å². The van der Waals surface area contributed by atoms with Gasteiger partial charge in [0.1, 0.15) is 0 Å². The number of rotatable bonds is 4. The van der Waals surface area contributed by atoms with Crippen LogP contribution in [0.2, 0.25) is 16.9 Å². The van der Waals surface area contributed by atoms with Crippen LogP contribution < -0.4 is 0 Å². The first-order valence-corrected chi connectivity index (χ1v) is 7.65. The molecule has 60 valence electrons. The minimum absolute atomic E-state index is 0.287. The molecule has 0 heterocycles. The summed E-state index contributed by atoms with van der Waals surface area (Å²) in [7, 11) is 0. The fourth-order valence-corrected chi connectivity index (χ4v) is 3.51. The van der Waals surface area contributed by atoms with Crippen molar-refractivity contribution in [2.45, 2.75) is 44.0 Å². The molecule has 1 atom stereocenters. The Morgan fingerprint density at radius 3 is 1.90 bits per heavy atom. The molecule has 0 aromatic rings. The van der Waals surface area contributed by atoms with E-state index in [1.165, 1.54) is 11.7 Å². The third kappa shape index (κ3) is 6.65. The topological polar surface area (TPSA) is 0 Å². The molecule has 10 heavy (non-hydrogen) atoms. The molecule has 0 spiro atoms. The molecule has 0 aromatic carbocycles. The predicted molar refractivity (Wildman–Crippen MR) is 50.9 cm³/mol. The zero-order valence-corrected chi connectivity index (χ0v) is 9.30. The molecule has 0 N–H and O–H groups in total. The smallest absolute Gasteiger partial charge is 0.106 e. The quantitative estimate of drug-likeness (QED) is 0.547. The Balaban J connectivity index is 3.34. The van der Waals surface area contributed by atoms with Crippen molar-refractivity contribution in [1.29, 1.82) is 0 Å². The van der Waals surface area contributed by atoms with Crippen LogP contribution in [0, 0.1) is 11.8 Å². The third-order valence-corrected chi connectivity index (χ3v) is 3.50. The number of hydrogen-bond acceptors (Lipinski definition) is 0. The summed E-state index contributed by atoms with van der Waals surface area (Å²) >= 11 is -0.287. The molecule has 0 radical (unpaired) electrons. The fourth-order valence-electron chi connectivity index (χ4n) is 1.71. The average Bonchev–Trinajstić information content (AvgIpc) is 1.58. The maximum absolute atomic E-state index is 2.44. The first-order chi connectivity index (χ1) is 4.52. The minimum atomic E-state index is -0.287. The van der Waals surface area contributed by atoms with E-state index in [2.05, 4.69) is 32.3 Å². The summed E-state index contributed by atoms with van der Waals surface area (Å²) in [6, 6.07) is 0. The molecule has 0 unspecified atom stereocenters. The summed E-state index contributed by atoms with van der Waals surface area (Å²) in [4.78, 5) is 0. The maximum Gasteiger partial charge on any atom is 0.255 e. The molecular formula is C9H21Al. The fraction of sp³-hybridized carbons (Fsp3) is 1.00. The molecule has 0 amide bonds. The van der Waals surface area contributed by atoms with Gasteiger partial charge in [0.05, 0.1) is 0 Å². The second kappa shape index (κ2) is 5.22. The SMILES string of the molecule is CC(C)C[C@@H](C)[CH2][Al]([CH3])[CH3]. The van der Waals surface area contributed by atoms with Gasteiger partial charge in [-0.05, 0) is 12.3 Å². The van der Waals surface area contributed by atoms with E-state index in [-0.39, 0.29) is 14.1 Å². The van der Waals surface area contributed by atoms with Gasteiger partial charge in [0.2, 0.25) is 0 Å². The van der Waals surface area contributed by atoms with Crippen LogP contribution in [-0.4, -0.2) is 14.1 Å². The van der Waals surface area contributed by atoms with E-state index >= 15 is 0 Å². The standard InChI is InChI=1S/C7H15.2CH3.Al/c1-6(2)5-7(3)4;;;/h6-7H,1,5H2,2-4H3;2*1H3;/t6-;;;/m1.../s1. The highest BCUT2D eigenvalue weighted by molar-refractivity contribution is 6.55. The molecule has 0 saturated carbocycles. The second-order valence-corrected chi connectivity index (χ2v) is 7.62. The van der Waals surface area contributed by atoms with Gasteiger partial charge in [-0.2, -0.15) is 0 Å². The highest BCUT2D eigenvalue weighted by Crippen LogP contribution is 2.16. The minimum Gasteiger partial charge on any atom is -0.106 e. The molecule has 0 bridgehead atoms. The van der Waals surface area contributed by atoms with Crippen molar-refractivity contribution in [3.05, 3.63) is 0 Å². The van der Waals surface area contributed by atoms with Gasteiger partial charge >= 0.3 is 0 Å². The van der Waals surface area contributed by atoms with Crippen molar-refractivity contribution < 1.29 is 0 Å². The first kappa shape index (κ1) is 10.5. The molecule has 0 aliphatic heterocycles. The summed E-state index contributed by atoms with van der Waals surface area (Å²) < 4.78 is 0. The monoisotopic (exact) mass is 156 g/mol. The summed E-state index contributed by atoms with van der Waals surface area (Å²) in [5, 5.41) is 1.53. The van der Waals surface area contributed by atoms with Crippen molar-refractivity contribution in [2.75, 3.05) is 0 Å². The van der Waals surface area contributed by atoms with Gasteiger partial charge in [0.25, 0.3) is 14.1 Å². The Bertz CT molecular complexity index is 66.8. The Morgan fingerprint density at radius 2 is 1.60 bits per heavy atom. The van der Waals surface area contributed by atoms with Crippen LogP contribution in [-0.2, 0) is 0 Å². The molecule has 0 aliphatic carbocycles. The molecule has 0 saturated heterocycles. The van der Waals surface area contributed by atoms with Gasteiger partial charge in [-0.1, -0.05) is 32.0 Å². The summed E-state index contributed by atoms with van der Waals surface area (Å²) in [6.45, 7) is 7.03. The van der Waals surface area contributed by atoms with Crippen molar-refractivity contribution in [3.8, 4) is 0 Å². The van der Waals surface area contributed by atoms with Gasteiger partial charge in [-0.25, -0.2) is 0 Å². The van der Waals surface area contributed by atoms with E-state index in [1.807, 2.05) is 0 Å². The van der Waals surface area contributed by atoms with Gasteiger partial charge in [-0.15, -0.1) is 11.6 Å². The largest absolute Gasteiger partial charge is 0.255 e. The van der Waals surface area contributed by atoms with Gasteiger partial charge in [-0.3, -0.25) is 0 Å². The summed E-state index contributed by atoms with van der Waals surface area (Å²) in [5.41, 5.74) is 0. The van der Waals surface area contributed by atoms with Gasteiger partial charge < -0.3 is 0 Å². The van der Waals surface area contributed by atoms with Crippen molar-refractivity contribution in [3.63, 3.8) is 0 Å². The Morgan fingerprint density at radius 1 is 1.10 bits per heavy atom. The van der Waals surface area contributed by atoms with Crippen molar-refractivity contribution in [2.24, 2.45) is 11.8 Å². The van der Waals surface area contributed by atoms with Crippen LogP contribution in [0.15, 0.2) is 0 Å². The van der Waals surface area contributed by atoms with E-state index in [4.69, 9.17) is 0 Å². The zero-order chi connectivity index (χ0) is 8.15. The zero-order valence-electron chi connectivity index (χ0n) is 8.15. The lowest BCUT2D eigenvalue weighted by Crippen LogP contribution is -2.08. The lowest BCUT2D eigenvalue weighted by atomic mass is 10.0. The van der Waals surface area contributed by atoms with E-state index in [0.717, 1.165) is 11.8 Å². The second-order valence-electron chi connectivity index (χ2n) is 4.36. The molecule has 0 rings (SSSR count). The highest BCUT2D eigenvalue weighted by Gasteiger charge is 2.09. The van der Waals surface area contributed by atoms with E-state index in [0.29, 0.717) is 0 Å². The van der Waals surface area contributed by atoms with Gasteiger partial charge in [0, 0.05) is 0 Å². The Hall–Kier alpha value is 0.532. The molecule has 0 fully saturated rings. The lowest BCUT2D eigenvalue weighted by Gasteiger charge is -2.13. The molecule has 0 nitrogen and oxygen atoms in total. The highest BCUT2D eigenvalue weighted by atomic mass is 27.2. The normalized spacial score (nSPS) is 13.8. The number of hydrogen-bond donors (Lipinski definition) is 0. The summed E-state index contributed by atoms with van der Waals surface area (Å²) in [6.07, 6.45) is 1.42. The van der Waals surface area contributed by atoms with Gasteiger partial charge in [0.15, 0.2) is 0 Å². The average molecular weight is 156 g/mol. The Kier molecular flexibility index (Phi) is 5.50. The lowest BCUT2D eigenvalue weighted by molar-refractivity contribution is 0.467. The Labute approximate surface area is 70.4 Å².